The van der Waals surface area contributed by atoms with Gasteiger partial charge in [0.25, 0.3) is 0 Å². The molecule has 0 aliphatic heterocycles. The molecule has 3 aliphatic rings. The topological polar surface area (TPSA) is 0 Å². The highest BCUT2D eigenvalue weighted by Crippen LogP contribution is 2.36. The van der Waals surface area contributed by atoms with Crippen LogP contribution in [0.4, 0.5) is 0 Å². The van der Waals surface area contributed by atoms with E-state index in [2.05, 4.69) is 60.8 Å². The molecule has 78 valence electrons. The molecule has 3 rings (SSSR count). The van der Waals surface area contributed by atoms with Crippen LogP contribution in [0, 0.1) is 0 Å². The Balaban J connectivity index is 2.11. The van der Waals surface area contributed by atoms with Gasteiger partial charge in [-0.3, -0.25) is 0 Å². The Bertz CT molecular complexity index is 514. The fourth-order valence-corrected chi connectivity index (χ4v) is 2.34. The van der Waals surface area contributed by atoms with E-state index in [0.717, 1.165) is 12.8 Å². The van der Waals surface area contributed by atoms with E-state index in [4.69, 9.17) is 0 Å². The van der Waals surface area contributed by atoms with Crippen molar-refractivity contribution in [1.82, 2.24) is 0 Å². The summed E-state index contributed by atoms with van der Waals surface area (Å²) in [4.78, 5) is 0. The van der Waals surface area contributed by atoms with E-state index >= 15 is 0 Å². The normalized spacial score (nSPS) is 26.0. The fourth-order valence-electron chi connectivity index (χ4n) is 2.34. The first kappa shape index (κ1) is 9.41. The first-order chi connectivity index (χ1) is 7.95. The molecule has 0 saturated heterocycles. The Labute approximate surface area is 96.4 Å². The van der Waals surface area contributed by atoms with Crippen LogP contribution in [0.25, 0.3) is 0 Å². The van der Waals surface area contributed by atoms with E-state index < -0.39 is 0 Å². The molecule has 0 unspecified atom stereocenters. The summed E-state index contributed by atoms with van der Waals surface area (Å²) in [6, 6.07) is 0. The quantitative estimate of drug-likeness (QED) is 0.557. The lowest BCUT2D eigenvalue weighted by Crippen LogP contribution is -1.88. The van der Waals surface area contributed by atoms with Crippen LogP contribution in [0.1, 0.15) is 12.8 Å². The summed E-state index contributed by atoms with van der Waals surface area (Å²) in [7, 11) is 0. The Morgan fingerprint density at radius 2 is 1.75 bits per heavy atom. The maximum absolute atomic E-state index is 2.31. The molecule has 0 spiro atoms. The molecular formula is C16H14. The van der Waals surface area contributed by atoms with Crippen LogP contribution in [-0.4, -0.2) is 0 Å². The van der Waals surface area contributed by atoms with Crippen LogP contribution in [0.5, 0.6) is 0 Å². The van der Waals surface area contributed by atoms with Crippen LogP contribution in [-0.2, 0) is 0 Å². The van der Waals surface area contributed by atoms with E-state index in [0.29, 0.717) is 0 Å². The van der Waals surface area contributed by atoms with Gasteiger partial charge in [-0.1, -0.05) is 54.7 Å². The van der Waals surface area contributed by atoms with Crippen LogP contribution in [0.3, 0.4) is 0 Å². The van der Waals surface area contributed by atoms with E-state index in [-0.39, 0.29) is 0 Å². The van der Waals surface area contributed by atoms with E-state index in [1.165, 1.54) is 22.3 Å². The highest BCUT2D eigenvalue weighted by molar-refractivity contribution is 5.67. The number of hydrogen-bond acceptors (Lipinski definition) is 0. The third kappa shape index (κ3) is 1.57. The predicted octanol–water partition coefficient (Wildman–Crippen LogP) is 4.18. The molecule has 0 aromatic rings. The van der Waals surface area contributed by atoms with Gasteiger partial charge < -0.3 is 0 Å². The van der Waals surface area contributed by atoms with Gasteiger partial charge >= 0.3 is 0 Å². The third-order valence-corrected chi connectivity index (χ3v) is 3.12. The molecule has 0 atom stereocenters. The molecule has 0 aromatic heterocycles. The van der Waals surface area contributed by atoms with Gasteiger partial charge in [-0.05, 0) is 41.2 Å². The summed E-state index contributed by atoms with van der Waals surface area (Å²) in [5, 5.41) is 0. The van der Waals surface area contributed by atoms with Crippen molar-refractivity contribution in [3.8, 4) is 0 Å². The molecule has 0 radical (unpaired) electrons. The van der Waals surface area contributed by atoms with E-state index in [1.807, 2.05) is 0 Å². The first-order valence-electron chi connectivity index (χ1n) is 5.77. The summed E-state index contributed by atoms with van der Waals surface area (Å²) in [6.07, 6.45) is 24.0. The molecular weight excluding hydrogens is 192 g/mol. The van der Waals surface area contributed by atoms with Crippen molar-refractivity contribution in [1.29, 1.82) is 0 Å². The molecule has 0 N–H and O–H groups in total. The lowest BCUT2D eigenvalue weighted by atomic mass is 9.97. The molecule has 0 aromatic carbocycles. The van der Waals surface area contributed by atoms with Crippen molar-refractivity contribution in [3.05, 3.63) is 83.1 Å². The molecule has 0 bridgehead atoms. The summed E-state index contributed by atoms with van der Waals surface area (Å²) < 4.78 is 0. The van der Waals surface area contributed by atoms with Crippen LogP contribution in [0.15, 0.2) is 83.1 Å². The van der Waals surface area contributed by atoms with Gasteiger partial charge in [0.15, 0.2) is 0 Å². The standard InChI is InChI=1S/C16H14/c1-2-4-8-13-12-14-9-6-7-11-16(14)15(13)10-5-3-1/h1-5,7-9,11-12H,6,10H2/b2-1-,5-3-,8-4?. The maximum Gasteiger partial charge on any atom is -0.00822 e. The summed E-state index contributed by atoms with van der Waals surface area (Å²) in [5.41, 5.74) is 5.63. The van der Waals surface area contributed by atoms with Crippen molar-refractivity contribution >= 4 is 0 Å². The SMILES string of the molecule is C1=CC2=CC3=CCC=CC3=C2C/C=C\C=C/1. The monoisotopic (exact) mass is 206 g/mol. The average Bonchev–Trinajstić information content (AvgIpc) is 2.69. The summed E-state index contributed by atoms with van der Waals surface area (Å²) >= 11 is 0. The lowest BCUT2D eigenvalue weighted by Gasteiger charge is -2.07. The zero-order chi connectivity index (χ0) is 10.8. The molecule has 3 aliphatic carbocycles. The Morgan fingerprint density at radius 3 is 2.75 bits per heavy atom. The zero-order valence-electron chi connectivity index (χ0n) is 9.19. The smallest absolute Gasteiger partial charge is 0.00822 e. The molecule has 0 amide bonds. The molecule has 16 heavy (non-hydrogen) atoms. The van der Waals surface area contributed by atoms with E-state index in [1.54, 1.807) is 0 Å². The van der Waals surface area contributed by atoms with Gasteiger partial charge in [-0.25, -0.2) is 0 Å². The Kier molecular flexibility index (Phi) is 2.34. The number of allylic oxidation sites excluding steroid dienone is 14. The molecule has 0 fully saturated rings. The first-order valence-corrected chi connectivity index (χ1v) is 5.77. The second-order valence-electron chi connectivity index (χ2n) is 4.17. The highest BCUT2D eigenvalue weighted by Gasteiger charge is 2.18. The van der Waals surface area contributed by atoms with Crippen molar-refractivity contribution in [2.24, 2.45) is 0 Å². The van der Waals surface area contributed by atoms with Gasteiger partial charge in [-0.2, -0.15) is 0 Å². The Hall–Kier alpha value is -1.82. The van der Waals surface area contributed by atoms with E-state index in [9.17, 15) is 0 Å². The molecule has 0 heterocycles. The average molecular weight is 206 g/mol. The second kappa shape index (κ2) is 3.97. The third-order valence-electron chi connectivity index (χ3n) is 3.12. The van der Waals surface area contributed by atoms with Crippen molar-refractivity contribution < 1.29 is 0 Å². The van der Waals surface area contributed by atoms with Crippen molar-refractivity contribution in [3.63, 3.8) is 0 Å². The number of fused-ring (bicyclic) bond motifs is 2. The highest BCUT2D eigenvalue weighted by atomic mass is 14.2. The predicted molar refractivity (Wildman–Crippen MR) is 69.0 cm³/mol. The minimum absolute atomic E-state index is 1.03. The largest absolute Gasteiger partial charge is 0.0801 e. The van der Waals surface area contributed by atoms with Crippen LogP contribution < -0.4 is 0 Å². The second-order valence-corrected chi connectivity index (χ2v) is 4.17. The van der Waals surface area contributed by atoms with Gasteiger partial charge in [0.05, 0.1) is 0 Å². The van der Waals surface area contributed by atoms with Gasteiger partial charge in [0.1, 0.15) is 0 Å². The Morgan fingerprint density at radius 1 is 0.812 bits per heavy atom. The summed E-state index contributed by atoms with van der Waals surface area (Å²) in [6.45, 7) is 0. The zero-order valence-corrected chi connectivity index (χ0v) is 9.19. The van der Waals surface area contributed by atoms with Crippen LogP contribution in [0.2, 0.25) is 0 Å². The lowest BCUT2D eigenvalue weighted by molar-refractivity contribution is 1.22. The van der Waals surface area contributed by atoms with Gasteiger partial charge in [0, 0.05) is 0 Å². The van der Waals surface area contributed by atoms with Gasteiger partial charge in [0.2, 0.25) is 0 Å². The number of rotatable bonds is 0. The van der Waals surface area contributed by atoms with Gasteiger partial charge in [-0.15, -0.1) is 0 Å². The maximum atomic E-state index is 2.31. The minimum atomic E-state index is 1.03. The minimum Gasteiger partial charge on any atom is -0.0801 e. The fraction of sp³-hybridized carbons (Fsp3) is 0.125. The van der Waals surface area contributed by atoms with Crippen LogP contribution >= 0.6 is 0 Å². The molecule has 0 nitrogen and oxygen atoms in total. The van der Waals surface area contributed by atoms with Crippen molar-refractivity contribution in [2.75, 3.05) is 0 Å². The molecule has 0 heteroatoms. The molecule has 0 saturated carbocycles. The van der Waals surface area contributed by atoms with Crippen molar-refractivity contribution in [2.45, 2.75) is 12.8 Å². The number of hydrogen-bond donors (Lipinski definition) is 0. The summed E-state index contributed by atoms with van der Waals surface area (Å²) in [5.74, 6) is 0.